The molecule has 0 radical (unpaired) electrons. The highest BCUT2D eigenvalue weighted by Crippen LogP contribution is 2.26. The van der Waals surface area contributed by atoms with Crippen LogP contribution in [0.25, 0.3) is 0 Å². The maximum atomic E-state index is 2.42. The van der Waals surface area contributed by atoms with Crippen molar-refractivity contribution < 1.29 is 0 Å². The molecule has 0 aliphatic heterocycles. The molecule has 0 N–H and O–H groups in total. The van der Waals surface area contributed by atoms with E-state index in [2.05, 4.69) is 13.8 Å². The molecule has 0 unspecified atom stereocenters. The molecule has 102 valence electrons. The average Bonchev–Trinajstić information content (AvgIpc) is 2.31. The van der Waals surface area contributed by atoms with Crippen LogP contribution in [0.4, 0.5) is 0 Å². The van der Waals surface area contributed by atoms with Crippen molar-refractivity contribution in [2.24, 2.45) is 11.8 Å². The Labute approximate surface area is 110 Å². The molecule has 0 nitrogen and oxygen atoms in total. The first-order valence-corrected chi connectivity index (χ1v) is 8.30. The largest absolute Gasteiger partial charge is 0.0625 e. The van der Waals surface area contributed by atoms with Crippen LogP contribution in [-0.2, 0) is 0 Å². The minimum atomic E-state index is 0.905. The Bertz CT molecular complexity index is 145. The Hall–Kier alpha value is 0. The van der Waals surface area contributed by atoms with E-state index in [0.29, 0.717) is 0 Å². The summed E-state index contributed by atoms with van der Waals surface area (Å²) in [5.41, 5.74) is 0. The van der Waals surface area contributed by atoms with Crippen LogP contribution in [0.1, 0.15) is 97.3 Å². The van der Waals surface area contributed by atoms with Crippen LogP contribution in [-0.4, -0.2) is 0 Å². The highest BCUT2D eigenvalue weighted by molar-refractivity contribution is 4.64. The zero-order valence-electron chi connectivity index (χ0n) is 12.3. The van der Waals surface area contributed by atoms with Gasteiger partial charge < -0.3 is 0 Å². The van der Waals surface area contributed by atoms with Gasteiger partial charge in [0.25, 0.3) is 0 Å². The van der Waals surface area contributed by atoms with E-state index in [0.717, 1.165) is 11.8 Å². The van der Waals surface area contributed by atoms with Crippen molar-refractivity contribution in [2.45, 2.75) is 97.3 Å². The maximum absolute atomic E-state index is 2.42. The van der Waals surface area contributed by atoms with E-state index in [1.54, 1.807) is 0 Å². The van der Waals surface area contributed by atoms with Gasteiger partial charge in [-0.1, -0.05) is 97.3 Å². The van der Waals surface area contributed by atoms with Crippen LogP contribution in [0, 0.1) is 11.8 Å². The van der Waals surface area contributed by atoms with Gasteiger partial charge in [0.2, 0.25) is 0 Å². The van der Waals surface area contributed by atoms with E-state index < -0.39 is 0 Å². The van der Waals surface area contributed by atoms with Gasteiger partial charge in [-0.3, -0.25) is 0 Å². The molecule has 0 saturated heterocycles. The molecule has 0 aromatic heterocycles. The lowest BCUT2D eigenvalue weighted by Crippen LogP contribution is -2.09. The van der Waals surface area contributed by atoms with Gasteiger partial charge in [-0.25, -0.2) is 0 Å². The smallest absolute Gasteiger partial charge is 0.0391 e. The van der Waals surface area contributed by atoms with E-state index in [1.807, 2.05) is 0 Å². The molecule has 0 heteroatoms. The molecule has 17 heavy (non-hydrogen) atoms. The summed E-state index contributed by atoms with van der Waals surface area (Å²) in [5.74, 6) is 1.92. The third-order valence-electron chi connectivity index (χ3n) is 4.59. The highest BCUT2D eigenvalue weighted by atomic mass is 14.2. The van der Waals surface area contributed by atoms with Crippen molar-refractivity contribution in [1.29, 1.82) is 0 Å². The Morgan fingerprint density at radius 3 is 1.12 bits per heavy atom. The van der Waals surface area contributed by atoms with Crippen LogP contribution in [0.5, 0.6) is 0 Å². The molecule has 0 aromatic rings. The monoisotopic (exact) mass is 238 g/mol. The van der Waals surface area contributed by atoms with Gasteiger partial charge in [0.05, 0.1) is 0 Å². The van der Waals surface area contributed by atoms with Gasteiger partial charge in [0.1, 0.15) is 0 Å². The third-order valence-corrected chi connectivity index (χ3v) is 4.59. The number of hydrogen-bond acceptors (Lipinski definition) is 0. The van der Waals surface area contributed by atoms with Crippen molar-refractivity contribution in [1.82, 2.24) is 0 Å². The quantitative estimate of drug-likeness (QED) is 0.500. The average molecular weight is 238 g/mol. The molecule has 0 aromatic carbocycles. The molecule has 0 spiro atoms. The Kier molecular flexibility index (Phi) is 8.83. The molecule has 1 saturated carbocycles. The van der Waals surface area contributed by atoms with E-state index in [1.165, 1.54) is 83.5 Å². The fraction of sp³-hybridized carbons (Fsp3) is 1.00. The van der Waals surface area contributed by atoms with Gasteiger partial charge in [0.15, 0.2) is 0 Å². The lowest BCUT2D eigenvalue weighted by atomic mass is 9.85. The van der Waals surface area contributed by atoms with Gasteiger partial charge in [-0.15, -0.1) is 0 Å². The van der Waals surface area contributed by atoms with E-state index in [-0.39, 0.29) is 0 Å². The first-order chi connectivity index (χ1) is 8.30. The number of hydrogen-bond donors (Lipinski definition) is 0. The predicted octanol–water partition coefficient (Wildman–Crippen LogP) is 6.34. The van der Waals surface area contributed by atoms with Crippen molar-refractivity contribution in [3.05, 3.63) is 0 Å². The molecule has 1 fully saturated rings. The fourth-order valence-corrected chi connectivity index (χ4v) is 3.22. The lowest BCUT2D eigenvalue weighted by molar-refractivity contribution is 0.311. The molecule has 0 heterocycles. The fourth-order valence-electron chi connectivity index (χ4n) is 3.22. The summed E-state index contributed by atoms with van der Waals surface area (Å²) in [7, 11) is 0. The second-order valence-corrected chi connectivity index (χ2v) is 6.47. The minimum Gasteiger partial charge on any atom is -0.0625 e. The summed E-state index contributed by atoms with van der Waals surface area (Å²) in [6.45, 7) is 4.85. The van der Waals surface area contributed by atoms with Crippen LogP contribution in [0.3, 0.4) is 0 Å². The Morgan fingerprint density at radius 2 is 0.824 bits per heavy atom. The van der Waals surface area contributed by atoms with Crippen LogP contribution in [0.15, 0.2) is 0 Å². The van der Waals surface area contributed by atoms with E-state index in [9.17, 15) is 0 Å². The molecule has 1 rings (SSSR count). The molecule has 1 aliphatic rings. The zero-order chi connectivity index (χ0) is 12.3. The third kappa shape index (κ3) is 7.84. The number of rotatable bonds is 1. The first kappa shape index (κ1) is 15.1. The summed E-state index contributed by atoms with van der Waals surface area (Å²) >= 11 is 0. The molecule has 1 aliphatic carbocycles. The van der Waals surface area contributed by atoms with Gasteiger partial charge in [-0.2, -0.15) is 0 Å². The van der Waals surface area contributed by atoms with Crippen molar-refractivity contribution in [3.63, 3.8) is 0 Å². The normalized spacial score (nSPS) is 23.5. The highest BCUT2D eigenvalue weighted by Gasteiger charge is 2.12. The lowest BCUT2D eigenvalue weighted by Gasteiger charge is -2.21. The van der Waals surface area contributed by atoms with Crippen LogP contribution >= 0.6 is 0 Å². The van der Waals surface area contributed by atoms with Crippen molar-refractivity contribution in [3.8, 4) is 0 Å². The molecular formula is C17H34. The first-order valence-electron chi connectivity index (χ1n) is 8.30. The summed E-state index contributed by atoms with van der Waals surface area (Å²) < 4.78 is 0. The molecule has 0 amide bonds. The summed E-state index contributed by atoms with van der Waals surface area (Å²) in [6.07, 6.45) is 19.4. The van der Waals surface area contributed by atoms with Crippen LogP contribution < -0.4 is 0 Å². The molecule has 0 atom stereocenters. The summed E-state index contributed by atoms with van der Waals surface area (Å²) in [6, 6.07) is 0. The summed E-state index contributed by atoms with van der Waals surface area (Å²) in [5, 5.41) is 0. The minimum absolute atomic E-state index is 0.905. The predicted molar refractivity (Wildman–Crippen MR) is 78.3 cm³/mol. The van der Waals surface area contributed by atoms with Gasteiger partial charge in [-0.05, 0) is 11.8 Å². The SMILES string of the molecule is CC(C)C1CCCCCCCCCCCCC1. The van der Waals surface area contributed by atoms with Crippen LogP contribution in [0.2, 0.25) is 0 Å². The van der Waals surface area contributed by atoms with Gasteiger partial charge >= 0.3 is 0 Å². The van der Waals surface area contributed by atoms with E-state index >= 15 is 0 Å². The Balaban J connectivity index is 2.24. The maximum Gasteiger partial charge on any atom is -0.0391 e. The zero-order valence-corrected chi connectivity index (χ0v) is 12.3. The second kappa shape index (κ2) is 9.97. The molecule has 0 bridgehead atoms. The van der Waals surface area contributed by atoms with Crippen molar-refractivity contribution >= 4 is 0 Å². The standard InChI is InChI=1S/C17H34/c1-16(2)17-14-12-10-8-6-4-3-5-7-9-11-13-15-17/h16-17H,3-15H2,1-2H3. The van der Waals surface area contributed by atoms with Crippen molar-refractivity contribution in [2.75, 3.05) is 0 Å². The topological polar surface area (TPSA) is 0 Å². The van der Waals surface area contributed by atoms with E-state index in [4.69, 9.17) is 0 Å². The molecular weight excluding hydrogens is 204 g/mol. The second-order valence-electron chi connectivity index (χ2n) is 6.47. The summed E-state index contributed by atoms with van der Waals surface area (Å²) in [4.78, 5) is 0. The Morgan fingerprint density at radius 1 is 0.529 bits per heavy atom. The van der Waals surface area contributed by atoms with Gasteiger partial charge in [0, 0.05) is 0 Å².